The quantitative estimate of drug-likeness (QED) is 0.715. The van der Waals surface area contributed by atoms with Crippen molar-refractivity contribution in [1.29, 1.82) is 0 Å². The van der Waals surface area contributed by atoms with E-state index in [1.54, 1.807) is 18.6 Å². The van der Waals surface area contributed by atoms with Crippen molar-refractivity contribution in [1.82, 2.24) is 15.0 Å². The molecule has 2 aromatic rings. The van der Waals surface area contributed by atoms with Crippen LogP contribution in [0.3, 0.4) is 0 Å². The third-order valence-electron chi connectivity index (χ3n) is 1.97. The topological polar surface area (TPSA) is 38.7 Å². The van der Waals surface area contributed by atoms with Gasteiger partial charge in [-0.15, -0.1) is 0 Å². The lowest BCUT2D eigenvalue weighted by Gasteiger charge is -2.00. The van der Waals surface area contributed by atoms with E-state index in [-0.39, 0.29) is 0 Å². The van der Waals surface area contributed by atoms with E-state index < -0.39 is 0 Å². The molecule has 0 saturated carbocycles. The van der Waals surface area contributed by atoms with Crippen LogP contribution in [0.15, 0.2) is 36.8 Å². The fourth-order valence-corrected chi connectivity index (χ4v) is 1.31. The Kier molecular flexibility index (Phi) is 2.49. The van der Waals surface area contributed by atoms with E-state index >= 15 is 0 Å². The molecule has 0 saturated heterocycles. The summed E-state index contributed by atoms with van der Waals surface area (Å²) >= 11 is 0. The summed E-state index contributed by atoms with van der Waals surface area (Å²) in [6.07, 6.45) is 6.22. The van der Waals surface area contributed by atoms with Gasteiger partial charge in [0.2, 0.25) is 0 Å². The van der Waals surface area contributed by atoms with Gasteiger partial charge in [0.1, 0.15) is 5.82 Å². The second-order valence-electron chi connectivity index (χ2n) is 3.13. The Bertz CT molecular complexity index is 412. The Hall–Kier alpha value is -1.77. The smallest absolute Gasteiger partial charge is 0.125 e. The van der Waals surface area contributed by atoms with E-state index in [9.17, 15) is 0 Å². The SMILES string of the molecule is Cc1nccc(Cc2ccncc2)n1. The van der Waals surface area contributed by atoms with Gasteiger partial charge in [0.25, 0.3) is 0 Å². The molecule has 0 spiro atoms. The highest BCUT2D eigenvalue weighted by atomic mass is 14.9. The third kappa shape index (κ3) is 2.13. The molecular weight excluding hydrogens is 174 g/mol. The lowest BCUT2D eigenvalue weighted by Crippen LogP contribution is -1.95. The van der Waals surface area contributed by atoms with Gasteiger partial charge in [-0.05, 0) is 30.7 Å². The number of rotatable bonds is 2. The minimum absolute atomic E-state index is 0.816. The van der Waals surface area contributed by atoms with Gasteiger partial charge in [0, 0.05) is 30.7 Å². The molecular formula is C11H11N3. The van der Waals surface area contributed by atoms with Gasteiger partial charge in [-0.3, -0.25) is 4.98 Å². The summed E-state index contributed by atoms with van der Waals surface area (Å²) in [6, 6.07) is 5.93. The van der Waals surface area contributed by atoms with E-state index in [0.717, 1.165) is 17.9 Å². The van der Waals surface area contributed by atoms with E-state index in [4.69, 9.17) is 0 Å². The monoisotopic (exact) mass is 185 g/mol. The second kappa shape index (κ2) is 3.96. The first-order chi connectivity index (χ1) is 6.84. The molecule has 3 heteroatoms. The first-order valence-electron chi connectivity index (χ1n) is 4.52. The Balaban J connectivity index is 2.19. The molecule has 0 amide bonds. The standard InChI is InChI=1S/C11H11N3/c1-9-13-7-4-11(14-9)8-10-2-5-12-6-3-10/h2-7H,8H2,1H3. The predicted molar refractivity (Wildman–Crippen MR) is 53.8 cm³/mol. The summed E-state index contributed by atoms with van der Waals surface area (Å²) in [6.45, 7) is 1.90. The molecule has 2 heterocycles. The van der Waals surface area contributed by atoms with E-state index in [1.165, 1.54) is 5.56 Å². The van der Waals surface area contributed by atoms with Gasteiger partial charge < -0.3 is 0 Å². The Morgan fingerprint density at radius 2 is 1.86 bits per heavy atom. The van der Waals surface area contributed by atoms with Crippen LogP contribution < -0.4 is 0 Å². The van der Waals surface area contributed by atoms with Crippen molar-refractivity contribution >= 4 is 0 Å². The van der Waals surface area contributed by atoms with Crippen molar-refractivity contribution in [2.24, 2.45) is 0 Å². The largest absolute Gasteiger partial charge is 0.265 e. The van der Waals surface area contributed by atoms with Gasteiger partial charge in [-0.25, -0.2) is 9.97 Å². The molecule has 0 bridgehead atoms. The molecule has 0 N–H and O–H groups in total. The zero-order valence-corrected chi connectivity index (χ0v) is 8.01. The van der Waals surface area contributed by atoms with Crippen LogP contribution in [-0.4, -0.2) is 15.0 Å². The Morgan fingerprint density at radius 3 is 2.57 bits per heavy atom. The Morgan fingerprint density at radius 1 is 1.07 bits per heavy atom. The number of hydrogen-bond acceptors (Lipinski definition) is 3. The fraction of sp³-hybridized carbons (Fsp3) is 0.182. The van der Waals surface area contributed by atoms with Crippen LogP contribution in [0, 0.1) is 6.92 Å². The summed E-state index contributed by atoms with van der Waals surface area (Å²) in [5.41, 5.74) is 2.27. The second-order valence-corrected chi connectivity index (χ2v) is 3.13. The van der Waals surface area contributed by atoms with Crippen LogP contribution in [0.1, 0.15) is 17.1 Å². The van der Waals surface area contributed by atoms with Crippen molar-refractivity contribution in [2.45, 2.75) is 13.3 Å². The maximum atomic E-state index is 4.34. The number of hydrogen-bond donors (Lipinski definition) is 0. The van der Waals surface area contributed by atoms with Gasteiger partial charge in [0.15, 0.2) is 0 Å². The van der Waals surface area contributed by atoms with Crippen LogP contribution in [0.5, 0.6) is 0 Å². The molecule has 0 aliphatic rings. The molecule has 0 aliphatic carbocycles. The van der Waals surface area contributed by atoms with Crippen molar-refractivity contribution in [2.75, 3.05) is 0 Å². The van der Waals surface area contributed by atoms with E-state index in [2.05, 4.69) is 15.0 Å². The number of aromatic nitrogens is 3. The highest BCUT2D eigenvalue weighted by molar-refractivity contribution is 5.18. The number of aryl methyl sites for hydroxylation is 1. The molecule has 0 aliphatic heterocycles. The lowest BCUT2D eigenvalue weighted by molar-refractivity contribution is 0.966. The summed E-state index contributed by atoms with van der Waals surface area (Å²) in [4.78, 5) is 12.4. The van der Waals surface area contributed by atoms with Crippen LogP contribution >= 0.6 is 0 Å². The molecule has 2 rings (SSSR count). The van der Waals surface area contributed by atoms with Crippen LogP contribution in [0.4, 0.5) is 0 Å². The average molecular weight is 185 g/mol. The lowest BCUT2D eigenvalue weighted by atomic mass is 10.1. The van der Waals surface area contributed by atoms with E-state index in [1.807, 2.05) is 25.1 Å². The maximum absolute atomic E-state index is 4.34. The van der Waals surface area contributed by atoms with Gasteiger partial charge in [-0.1, -0.05) is 0 Å². The molecule has 2 aromatic heterocycles. The van der Waals surface area contributed by atoms with Crippen molar-refractivity contribution < 1.29 is 0 Å². The zero-order chi connectivity index (χ0) is 9.80. The minimum atomic E-state index is 0.816. The summed E-state index contributed by atoms with van der Waals surface area (Å²) in [5, 5.41) is 0. The van der Waals surface area contributed by atoms with Crippen molar-refractivity contribution in [3.8, 4) is 0 Å². The number of nitrogens with zero attached hydrogens (tertiary/aromatic N) is 3. The van der Waals surface area contributed by atoms with Crippen molar-refractivity contribution in [3.05, 3.63) is 53.9 Å². The predicted octanol–water partition coefficient (Wildman–Crippen LogP) is 1.77. The third-order valence-corrected chi connectivity index (χ3v) is 1.97. The molecule has 0 aromatic carbocycles. The first kappa shape index (κ1) is 8.81. The van der Waals surface area contributed by atoms with Crippen LogP contribution in [0.25, 0.3) is 0 Å². The molecule has 0 fully saturated rings. The van der Waals surface area contributed by atoms with Crippen molar-refractivity contribution in [3.63, 3.8) is 0 Å². The summed E-state index contributed by atoms with van der Waals surface area (Å²) in [5.74, 6) is 0.816. The molecule has 0 radical (unpaired) electrons. The molecule has 3 nitrogen and oxygen atoms in total. The zero-order valence-electron chi connectivity index (χ0n) is 8.01. The Labute approximate surface area is 82.9 Å². The summed E-state index contributed by atoms with van der Waals surface area (Å²) in [7, 11) is 0. The average Bonchev–Trinajstić information content (AvgIpc) is 2.19. The maximum Gasteiger partial charge on any atom is 0.125 e. The number of pyridine rings is 1. The van der Waals surface area contributed by atoms with Gasteiger partial charge in [-0.2, -0.15) is 0 Å². The highest BCUT2D eigenvalue weighted by Gasteiger charge is 1.97. The van der Waals surface area contributed by atoms with Crippen LogP contribution in [0.2, 0.25) is 0 Å². The minimum Gasteiger partial charge on any atom is -0.265 e. The molecule has 0 atom stereocenters. The first-order valence-corrected chi connectivity index (χ1v) is 4.52. The molecule has 0 unspecified atom stereocenters. The normalized spacial score (nSPS) is 10.1. The fourth-order valence-electron chi connectivity index (χ4n) is 1.31. The highest BCUT2D eigenvalue weighted by Crippen LogP contribution is 2.05. The molecule has 70 valence electrons. The van der Waals surface area contributed by atoms with E-state index in [0.29, 0.717) is 0 Å². The van der Waals surface area contributed by atoms with Crippen LogP contribution in [-0.2, 0) is 6.42 Å². The summed E-state index contributed by atoms with van der Waals surface area (Å²) < 4.78 is 0. The van der Waals surface area contributed by atoms with Gasteiger partial charge in [0.05, 0.1) is 0 Å². The van der Waals surface area contributed by atoms with Gasteiger partial charge >= 0.3 is 0 Å². The molecule has 14 heavy (non-hydrogen) atoms.